The summed E-state index contributed by atoms with van der Waals surface area (Å²) in [5, 5.41) is 11.9. The average Bonchev–Trinajstić information content (AvgIpc) is 2.00. The lowest BCUT2D eigenvalue weighted by atomic mass is 10.2. The van der Waals surface area contributed by atoms with E-state index >= 15 is 0 Å². The normalized spacial score (nSPS) is 15.3. The zero-order valence-electron chi connectivity index (χ0n) is 7.83. The topological polar surface area (TPSA) is 58.6 Å². The molecule has 0 aromatic heterocycles. The maximum absolute atomic E-state index is 10.7. The first kappa shape index (κ1) is 11.4. The minimum absolute atomic E-state index is 0.0482. The van der Waals surface area contributed by atoms with Gasteiger partial charge < -0.3 is 15.2 Å². The molecule has 0 bridgehead atoms. The van der Waals surface area contributed by atoms with Gasteiger partial charge in [-0.15, -0.1) is 0 Å². The minimum Gasteiger partial charge on any atom is -0.469 e. The van der Waals surface area contributed by atoms with Gasteiger partial charge in [0.05, 0.1) is 19.6 Å². The third-order valence-corrected chi connectivity index (χ3v) is 1.46. The number of nitrogens with one attached hydrogen (secondary N) is 1. The van der Waals surface area contributed by atoms with E-state index in [2.05, 4.69) is 10.1 Å². The minimum atomic E-state index is -0.384. The first-order valence-corrected chi connectivity index (χ1v) is 4.04. The van der Waals surface area contributed by atoms with Gasteiger partial charge in [0.1, 0.15) is 0 Å². The van der Waals surface area contributed by atoms with Crippen LogP contribution in [0.2, 0.25) is 0 Å². The molecule has 0 heterocycles. The van der Waals surface area contributed by atoms with Crippen LogP contribution in [-0.4, -0.2) is 36.9 Å². The summed E-state index contributed by atoms with van der Waals surface area (Å²) >= 11 is 0. The molecular formula is C8H17NO3. The van der Waals surface area contributed by atoms with Crippen LogP contribution in [0.4, 0.5) is 0 Å². The fourth-order valence-electron chi connectivity index (χ4n) is 0.777. The molecule has 0 saturated heterocycles. The Morgan fingerprint density at radius 3 is 2.58 bits per heavy atom. The van der Waals surface area contributed by atoms with E-state index in [9.17, 15) is 4.79 Å². The Bertz CT molecular complexity index is 136. The highest BCUT2D eigenvalue weighted by atomic mass is 16.5. The lowest BCUT2D eigenvalue weighted by Crippen LogP contribution is -2.34. The van der Waals surface area contributed by atoms with Crippen molar-refractivity contribution in [2.45, 2.75) is 32.4 Å². The number of hydrogen-bond donors (Lipinski definition) is 2. The average molecular weight is 175 g/mol. The van der Waals surface area contributed by atoms with Crippen molar-refractivity contribution in [3.63, 3.8) is 0 Å². The molecule has 0 aliphatic rings. The number of aliphatic hydroxyl groups is 1. The molecule has 12 heavy (non-hydrogen) atoms. The standard InChI is InChI=1S/C8H17NO3/c1-6(4-8(11)12-3)9-5-7(2)10/h6-7,9-10H,4-5H2,1-3H3. The fourth-order valence-corrected chi connectivity index (χ4v) is 0.777. The van der Waals surface area contributed by atoms with Crippen molar-refractivity contribution >= 4 is 5.97 Å². The van der Waals surface area contributed by atoms with Gasteiger partial charge >= 0.3 is 5.97 Å². The molecule has 0 aromatic carbocycles. The molecule has 2 N–H and O–H groups in total. The second-order valence-corrected chi connectivity index (χ2v) is 2.94. The molecule has 4 heteroatoms. The van der Waals surface area contributed by atoms with Crippen molar-refractivity contribution in [1.82, 2.24) is 5.32 Å². The predicted octanol–water partition coefficient (Wildman–Crippen LogP) is -0.0916. The van der Waals surface area contributed by atoms with Crippen LogP contribution in [0.5, 0.6) is 0 Å². The van der Waals surface area contributed by atoms with Gasteiger partial charge in [-0.3, -0.25) is 4.79 Å². The van der Waals surface area contributed by atoms with E-state index < -0.39 is 0 Å². The summed E-state index contributed by atoms with van der Waals surface area (Å²) in [6.45, 7) is 4.06. The van der Waals surface area contributed by atoms with Crippen molar-refractivity contribution in [3.05, 3.63) is 0 Å². The van der Waals surface area contributed by atoms with Gasteiger partial charge in [-0.05, 0) is 13.8 Å². The van der Waals surface area contributed by atoms with Crippen molar-refractivity contribution < 1.29 is 14.6 Å². The highest BCUT2D eigenvalue weighted by Gasteiger charge is 2.08. The molecule has 0 saturated carbocycles. The number of esters is 1. The fraction of sp³-hybridized carbons (Fsp3) is 0.875. The Hall–Kier alpha value is -0.610. The molecule has 0 aliphatic carbocycles. The van der Waals surface area contributed by atoms with Crippen LogP contribution in [0, 0.1) is 0 Å². The second-order valence-electron chi connectivity index (χ2n) is 2.94. The molecule has 0 spiro atoms. The highest BCUT2D eigenvalue weighted by molar-refractivity contribution is 5.69. The van der Waals surface area contributed by atoms with E-state index in [1.807, 2.05) is 6.92 Å². The highest BCUT2D eigenvalue weighted by Crippen LogP contribution is 1.92. The van der Waals surface area contributed by atoms with Crippen LogP contribution in [0.25, 0.3) is 0 Å². The molecule has 0 amide bonds. The molecule has 0 aromatic rings. The second kappa shape index (κ2) is 5.97. The number of methoxy groups -OCH3 is 1. The zero-order chi connectivity index (χ0) is 9.56. The summed E-state index contributed by atoms with van der Waals surface area (Å²) in [5.41, 5.74) is 0. The third kappa shape index (κ3) is 6.12. The van der Waals surface area contributed by atoms with Crippen LogP contribution in [0.1, 0.15) is 20.3 Å². The van der Waals surface area contributed by atoms with Crippen LogP contribution in [0.3, 0.4) is 0 Å². The van der Waals surface area contributed by atoms with Gasteiger partial charge in [0.15, 0.2) is 0 Å². The van der Waals surface area contributed by atoms with Crippen LogP contribution < -0.4 is 5.32 Å². The van der Waals surface area contributed by atoms with E-state index in [4.69, 9.17) is 5.11 Å². The number of carbonyl (C=O) groups is 1. The maximum atomic E-state index is 10.7. The molecule has 0 fully saturated rings. The first-order chi connectivity index (χ1) is 5.56. The van der Waals surface area contributed by atoms with Gasteiger partial charge in [0, 0.05) is 12.6 Å². The number of aliphatic hydroxyl groups excluding tert-OH is 1. The number of ether oxygens (including phenoxy) is 1. The number of hydrogen-bond acceptors (Lipinski definition) is 4. The van der Waals surface area contributed by atoms with Gasteiger partial charge in [-0.2, -0.15) is 0 Å². The SMILES string of the molecule is COC(=O)CC(C)NCC(C)O. The summed E-state index contributed by atoms with van der Waals surface area (Å²) in [7, 11) is 1.36. The number of rotatable bonds is 5. The van der Waals surface area contributed by atoms with Crippen LogP contribution >= 0.6 is 0 Å². The lowest BCUT2D eigenvalue weighted by Gasteiger charge is -2.13. The van der Waals surface area contributed by atoms with E-state index in [0.717, 1.165) is 0 Å². The van der Waals surface area contributed by atoms with E-state index in [1.165, 1.54) is 7.11 Å². The molecule has 0 aliphatic heterocycles. The molecular weight excluding hydrogens is 158 g/mol. The van der Waals surface area contributed by atoms with Gasteiger partial charge in [0.2, 0.25) is 0 Å². The summed E-state index contributed by atoms with van der Waals surface area (Å²) in [4.78, 5) is 10.7. The number of carbonyl (C=O) groups excluding carboxylic acids is 1. The Labute approximate surface area is 72.9 Å². The summed E-state index contributed by atoms with van der Waals surface area (Å²) in [5.74, 6) is -0.236. The Morgan fingerprint density at radius 1 is 1.58 bits per heavy atom. The van der Waals surface area contributed by atoms with Crippen molar-refractivity contribution in [3.8, 4) is 0 Å². The lowest BCUT2D eigenvalue weighted by molar-refractivity contribution is -0.141. The Kier molecular flexibility index (Phi) is 5.66. The first-order valence-electron chi connectivity index (χ1n) is 4.04. The Balaban J connectivity index is 3.45. The Morgan fingerprint density at radius 2 is 2.17 bits per heavy atom. The van der Waals surface area contributed by atoms with E-state index in [0.29, 0.717) is 13.0 Å². The molecule has 0 rings (SSSR count). The molecule has 2 unspecified atom stereocenters. The monoisotopic (exact) mass is 175 g/mol. The van der Waals surface area contributed by atoms with Crippen LogP contribution in [0.15, 0.2) is 0 Å². The summed E-state index contributed by atoms with van der Waals surface area (Å²) in [6, 6.07) is 0.0482. The quantitative estimate of drug-likeness (QED) is 0.573. The summed E-state index contributed by atoms with van der Waals surface area (Å²) < 4.78 is 4.49. The van der Waals surface area contributed by atoms with Crippen molar-refractivity contribution in [2.75, 3.05) is 13.7 Å². The smallest absolute Gasteiger partial charge is 0.307 e. The molecule has 0 radical (unpaired) electrons. The van der Waals surface area contributed by atoms with E-state index in [1.54, 1.807) is 6.92 Å². The molecule has 2 atom stereocenters. The van der Waals surface area contributed by atoms with Gasteiger partial charge in [-0.25, -0.2) is 0 Å². The predicted molar refractivity (Wildman–Crippen MR) is 45.8 cm³/mol. The molecule has 72 valence electrons. The van der Waals surface area contributed by atoms with Gasteiger partial charge in [0.25, 0.3) is 0 Å². The zero-order valence-corrected chi connectivity index (χ0v) is 7.83. The maximum Gasteiger partial charge on any atom is 0.307 e. The van der Waals surface area contributed by atoms with E-state index in [-0.39, 0.29) is 18.1 Å². The third-order valence-electron chi connectivity index (χ3n) is 1.46. The van der Waals surface area contributed by atoms with Crippen molar-refractivity contribution in [1.29, 1.82) is 0 Å². The van der Waals surface area contributed by atoms with Gasteiger partial charge in [-0.1, -0.05) is 0 Å². The summed E-state index contributed by atoms with van der Waals surface area (Å²) in [6.07, 6.45) is -0.0476. The molecule has 4 nitrogen and oxygen atoms in total. The van der Waals surface area contributed by atoms with Crippen molar-refractivity contribution in [2.24, 2.45) is 0 Å². The largest absolute Gasteiger partial charge is 0.469 e. The van der Waals surface area contributed by atoms with Crippen LogP contribution in [-0.2, 0) is 9.53 Å².